The fourth-order valence-corrected chi connectivity index (χ4v) is 2.95. The quantitative estimate of drug-likeness (QED) is 0.799. The summed E-state index contributed by atoms with van der Waals surface area (Å²) in [6, 6.07) is 0.707. The molecule has 7 heteroatoms. The van der Waals surface area contributed by atoms with E-state index in [4.69, 9.17) is 11.0 Å². The van der Waals surface area contributed by atoms with Gasteiger partial charge in [0.1, 0.15) is 12.2 Å². The van der Waals surface area contributed by atoms with Crippen molar-refractivity contribution < 1.29 is 9.18 Å². The van der Waals surface area contributed by atoms with Crippen LogP contribution in [0.5, 0.6) is 0 Å². The van der Waals surface area contributed by atoms with Crippen LogP contribution in [0.3, 0.4) is 0 Å². The van der Waals surface area contributed by atoms with Crippen molar-refractivity contribution in [1.29, 1.82) is 5.26 Å². The predicted molar refractivity (Wildman–Crippen MR) is 76.1 cm³/mol. The Kier molecular flexibility index (Phi) is 6.66. The van der Waals surface area contributed by atoms with E-state index in [1.54, 1.807) is 0 Å². The summed E-state index contributed by atoms with van der Waals surface area (Å²) in [5.41, 5.74) is 5.94. The number of carbonyl (C=O) groups is 1. The number of nitrogens with one attached hydrogen (secondary N) is 1. The van der Waals surface area contributed by atoms with Crippen LogP contribution in [0.4, 0.5) is 4.39 Å². The normalized spacial score (nSPS) is 31.2. The third kappa shape index (κ3) is 4.05. The molecule has 2 fully saturated rings. The molecule has 1 unspecified atom stereocenters. The maximum absolute atomic E-state index is 13.3. The lowest BCUT2D eigenvalue weighted by Gasteiger charge is -2.28. The number of hydrogen-bond acceptors (Lipinski definition) is 4. The van der Waals surface area contributed by atoms with Gasteiger partial charge in [0.05, 0.1) is 18.7 Å². The van der Waals surface area contributed by atoms with Gasteiger partial charge in [0.15, 0.2) is 0 Å². The third-order valence-corrected chi connectivity index (χ3v) is 3.99. The van der Waals surface area contributed by atoms with Gasteiger partial charge >= 0.3 is 0 Å². The number of nitrogens with zero attached hydrogens (tertiary/aromatic N) is 2. The Hall–Kier alpha value is -0.900. The summed E-state index contributed by atoms with van der Waals surface area (Å²) in [7, 11) is 0. The van der Waals surface area contributed by atoms with E-state index in [-0.39, 0.29) is 31.3 Å². The number of alkyl halides is 1. The second-order valence-corrected chi connectivity index (χ2v) is 5.52. The van der Waals surface area contributed by atoms with Crippen LogP contribution >= 0.6 is 12.4 Å². The molecular formula is C13H22ClFN4O. The second kappa shape index (κ2) is 7.77. The van der Waals surface area contributed by atoms with Crippen molar-refractivity contribution >= 4 is 18.3 Å². The van der Waals surface area contributed by atoms with Gasteiger partial charge < -0.3 is 16.0 Å². The summed E-state index contributed by atoms with van der Waals surface area (Å²) in [6.45, 7) is 1.91. The van der Waals surface area contributed by atoms with E-state index in [2.05, 4.69) is 5.32 Å². The first-order chi connectivity index (χ1) is 9.11. The van der Waals surface area contributed by atoms with Crippen LogP contribution < -0.4 is 11.1 Å². The number of amides is 1. The van der Waals surface area contributed by atoms with Crippen LogP contribution in [-0.2, 0) is 4.79 Å². The zero-order valence-corrected chi connectivity index (χ0v) is 12.2. The second-order valence-electron chi connectivity index (χ2n) is 5.52. The van der Waals surface area contributed by atoms with Gasteiger partial charge in [-0.15, -0.1) is 12.4 Å². The Morgan fingerprint density at radius 3 is 2.95 bits per heavy atom. The molecule has 0 aromatic carbocycles. The lowest BCUT2D eigenvalue weighted by molar-refractivity contribution is -0.133. The molecule has 2 saturated heterocycles. The van der Waals surface area contributed by atoms with Crippen LogP contribution in [0.15, 0.2) is 0 Å². The van der Waals surface area contributed by atoms with E-state index in [1.165, 1.54) is 4.90 Å². The Morgan fingerprint density at radius 1 is 1.60 bits per heavy atom. The highest BCUT2D eigenvalue weighted by atomic mass is 35.5. The minimum absolute atomic E-state index is 0. The molecule has 3 N–H and O–H groups in total. The van der Waals surface area contributed by atoms with Crippen molar-refractivity contribution in [3.63, 3.8) is 0 Å². The van der Waals surface area contributed by atoms with Crippen molar-refractivity contribution in [1.82, 2.24) is 10.2 Å². The monoisotopic (exact) mass is 304 g/mol. The molecule has 20 heavy (non-hydrogen) atoms. The molecule has 0 aromatic heterocycles. The zero-order valence-electron chi connectivity index (χ0n) is 11.4. The molecule has 5 nitrogen and oxygen atoms in total. The third-order valence-electron chi connectivity index (χ3n) is 3.99. The molecule has 1 amide bonds. The fraction of sp³-hybridized carbons (Fsp3) is 0.846. The standard InChI is InChI=1S/C13H21FN4O.ClH/c14-10-5-11(6-15)18(8-10)13(19)12(16)4-9-2-1-3-17-7-9;/h9-12,17H,1-5,7-8,16H2;1H/t9?,10-,11-,12-;/m0./s1. The highest BCUT2D eigenvalue weighted by Crippen LogP contribution is 2.22. The molecule has 0 spiro atoms. The average molecular weight is 305 g/mol. The summed E-state index contributed by atoms with van der Waals surface area (Å²) >= 11 is 0. The highest BCUT2D eigenvalue weighted by Gasteiger charge is 2.37. The summed E-state index contributed by atoms with van der Waals surface area (Å²) < 4.78 is 13.3. The van der Waals surface area contributed by atoms with E-state index in [0.717, 1.165) is 25.9 Å². The number of nitrogens with two attached hydrogens (primary N) is 1. The summed E-state index contributed by atoms with van der Waals surface area (Å²) in [5, 5.41) is 12.2. The van der Waals surface area contributed by atoms with E-state index in [9.17, 15) is 9.18 Å². The van der Waals surface area contributed by atoms with E-state index in [0.29, 0.717) is 12.3 Å². The smallest absolute Gasteiger partial charge is 0.240 e. The Labute approximate surface area is 125 Å². The number of halogens is 2. The SMILES string of the molecule is Cl.N#C[C@@H]1C[C@H](F)CN1C(=O)[C@@H](N)CC1CCCNC1. The molecule has 2 heterocycles. The van der Waals surface area contributed by atoms with E-state index >= 15 is 0 Å². The van der Waals surface area contributed by atoms with Gasteiger partial charge in [0.2, 0.25) is 5.91 Å². The molecule has 2 aliphatic rings. The van der Waals surface area contributed by atoms with E-state index in [1.807, 2.05) is 6.07 Å². The number of nitriles is 1. The van der Waals surface area contributed by atoms with Gasteiger partial charge in [-0.2, -0.15) is 5.26 Å². The van der Waals surface area contributed by atoms with Crippen LogP contribution in [-0.4, -0.2) is 48.7 Å². The first kappa shape index (κ1) is 17.2. The van der Waals surface area contributed by atoms with Crippen molar-refractivity contribution in [2.45, 2.75) is 43.9 Å². The topological polar surface area (TPSA) is 82.2 Å². The van der Waals surface area contributed by atoms with Crippen LogP contribution in [0.25, 0.3) is 0 Å². The molecule has 0 radical (unpaired) electrons. The molecule has 0 aliphatic carbocycles. The number of piperidine rings is 1. The van der Waals surface area contributed by atoms with Gasteiger partial charge in [-0.3, -0.25) is 4.79 Å². The summed E-state index contributed by atoms with van der Waals surface area (Å²) in [4.78, 5) is 13.5. The summed E-state index contributed by atoms with van der Waals surface area (Å²) in [5.74, 6) is 0.120. The lowest BCUT2D eigenvalue weighted by atomic mass is 9.92. The van der Waals surface area contributed by atoms with Crippen LogP contribution in [0.2, 0.25) is 0 Å². The Bertz CT molecular complexity index is 370. The number of likely N-dealkylation sites (tertiary alicyclic amines) is 1. The van der Waals surface area contributed by atoms with Crippen molar-refractivity contribution in [3.8, 4) is 6.07 Å². The average Bonchev–Trinajstić information content (AvgIpc) is 2.80. The Morgan fingerprint density at radius 2 is 2.35 bits per heavy atom. The van der Waals surface area contributed by atoms with Crippen LogP contribution in [0, 0.1) is 17.2 Å². The minimum atomic E-state index is -1.10. The predicted octanol–water partition coefficient (Wildman–Crippen LogP) is 0.588. The van der Waals surface area contributed by atoms with Crippen molar-refractivity contribution in [2.24, 2.45) is 11.7 Å². The van der Waals surface area contributed by atoms with Gasteiger partial charge in [-0.05, 0) is 38.3 Å². The largest absolute Gasteiger partial charge is 0.322 e. The number of rotatable bonds is 3. The molecular weight excluding hydrogens is 283 g/mol. The molecule has 0 aromatic rings. The van der Waals surface area contributed by atoms with Gasteiger partial charge in [-0.1, -0.05) is 0 Å². The van der Waals surface area contributed by atoms with Crippen molar-refractivity contribution in [3.05, 3.63) is 0 Å². The van der Waals surface area contributed by atoms with Gasteiger partial charge in [-0.25, -0.2) is 4.39 Å². The molecule has 2 aliphatic heterocycles. The van der Waals surface area contributed by atoms with Gasteiger partial charge in [0, 0.05) is 6.42 Å². The minimum Gasteiger partial charge on any atom is -0.322 e. The molecule has 114 valence electrons. The van der Waals surface area contributed by atoms with Crippen LogP contribution in [0.1, 0.15) is 25.7 Å². The lowest BCUT2D eigenvalue weighted by Crippen LogP contribution is -2.47. The first-order valence-electron chi connectivity index (χ1n) is 6.92. The number of carbonyl (C=O) groups excluding carboxylic acids is 1. The molecule has 4 atom stereocenters. The first-order valence-corrected chi connectivity index (χ1v) is 6.92. The van der Waals surface area contributed by atoms with Gasteiger partial charge in [0.25, 0.3) is 0 Å². The maximum Gasteiger partial charge on any atom is 0.240 e. The Balaban J connectivity index is 0.00000200. The van der Waals surface area contributed by atoms with Crippen molar-refractivity contribution in [2.75, 3.05) is 19.6 Å². The molecule has 0 saturated carbocycles. The fourth-order valence-electron chi connectivity index (χ4n) is 2.95. The van der Waals surface area contributed by atoms with E-state index < -0.39 is 18.3 Å². The number of hydrogen-bond donors (Lipinski definition) is 2. The summed E-state index contributed by atoms with van der Waals surface area (Å²) in [6.07, 6.45) is 1.79. The maximum atomic E-state index is 13.3. The zero-order chi connectivity index (χ0) is 13.8. The molecule has 2 rings (SSSR count). The highest BCUT2D eigenvalue weighted by molar-refractivity contribution is 5.85. The molecule has 0 bridgehead atoms.